The summed E-state index contributed by atoms with van der Waals surface area (Å²) in [4.78, 5) is 13.3. The summed E-state index contributed by atoms with van der Waals surface area (Å²) < 4.78 is 1.57. The Bertz CT molecular complexity index is 392. The third kappa shape index (κ3) is 2.53. The van der Waals surface area contributed by atoms with Gasteiger partial charge >= 0.3 is 0 Å². The fourth-order valence-electron chi connectivity index (χ4n) is 0.857. The molecule has 13 heavy (non-hydrogen) atoms. The van der Waals surface area contributed by atoms with Gasteiger partial charge in [-0.3, -0.25) is 4.79 Å². The number of azide groups is 1. The van der Waals surface area contributed by atoms with Crippen molar-refractivity contribution in [3.63, 3.8) is 0 Å². The Balaban J connectivity index is 2.73. The molecule has 1 aromatic heterocycles. The van der Waals surface area contributed by atoms with E-state index in [-0.39, 0.29) is 5.75 Å². The number of rotatable bonds is 3. The standard InChI is InChI=1S/C7H8N4O2/c8-10-9-2-4-11-3-1-6(12)7(13)5-11/h1,3,5,13H,2,4H2. The lowest BCUT2D eigenvalue weighted by molar-refractivity contribution is 0.460. The van der Waals surface area contributed by atoms with Crippen molar-refractivity contribution in [2.24, 2.45) is 5.11 Å². The molecular formula is C7H8N4O2. The Labute approximate surface area is 73.7 Å². The molecule has 0 saturated heterocycles. The lowest BCUT2D eigenvalue weighted by Crippen LogP contribution is -2.06. The van der Waals surface area contributed by atoms with Crippen molar-refractivity contribution >= 4 is 0 Å². The lowest BCUT2D eigenvalue weighted by Gasteiger charge is -2.02. The van der Waals surface area contributed by atoms with Crippen LogP contribution in [0.2, 0.25) is 0 Å². The second-order valence-corrected chi connectivity index (χ2v) is 2.39. The van der Waals surface area contributed by atoms with Crippen LogP contribution in [0, 0.1) is 0 Å². The summed E-state index contributed by atoms with van der Waals surface area (Å²) in [6.07, 6.45) is 2.82. The SMILES string of the molecule is [N-]=[N+]=NCCn1ccc(=O)c(O)c1. The quantitative estimate of drug-likeness (QED) is 0.424. The van der Waals surface area contributed by atoms with Crippen molar-refractivity contribution in [1.29, 1.82) is 0 Å². The topological polar surface area (TPSA) is 91.0 Å². The van der Waals surface area contributed by atoms with Crippen LogP contribution in [0.25, 0.3) is 10.4 Å². The second kappa shape index (κ2) is 4.18. The van der Waals surface area contributed by atoms with Crippen molar-refractivity contribution in [2.45, 2.75) is 6.54 Å². The first-order chi connectivity index (χ1) is 6.24. The summed E-state index contributed by atoms with van der Waals surface area (Å²) in [7, 11) is 0. The van der Waals surface area contributed by atoms with Crippen molar-refractivity contribution < 1.29 is 5.11 Å². The molecule has 0 saturated carbocycles. The van der Waals surface area contributed by atoms with Gasteiger partial charge in [0.05, 0.1) is 0 Å². The zero-order valence-electron chi connectivity index (χ0n) is 6.79. The number of hydrogen-bond acceptors (Lipinski definition) is 3. The van der Waals surface area contributed by atoms with E-state index in [2.05, 4.69) is 10.0 Å². The first-order valence-corrected chi connectivity index (χ1v) is 3.64. The molecule has 1 N–H and O–H groups in total. The molecule has 0 aromatic carbocycles. The Morgan fingerprint density at radius 3 is 3.08 bits per heavy atom. The molecule has 0 atom stereocenters. The fraction of sp³-hybridized carbons (Fsp3) is 0.286. The van der Waals surface area contributed by atoms with E-state index >= 15 is 0 Å². The van der Waals surface area contributed by atoms with Crippen LogP contribution in [0.3, 0.4) is 0 Å². The monoisotopic (exact) mass is 180 g/mol. The Hall–Kier alpha value is -1.94. The fourth-order valence-corrected chi connectivity index (χ4v) is 0.857. The van der Waals surface area contributed by atoms with Crippen molar-refractivity contribution in [1.82, 2.24) is 4.57 Å². The number of hydrogen-bond donors (Lipinski definition) is 1. The molecule has 6 nitrogen and oxygen atoms in total. The van der Waals surface area contributed by atoms with Gasteiger partial charge in [-0.15, -0.1) is 0 Å². The van der Waals surface area contributed by atoms with Crippen LogP contribution < -0.4 is 5.43 Å². The minimum Gasteiger partial charge on any atom is -0.503 e. The average Bonchev–Trinajstić information content (AvgIpc) is 2.12. The van der Waals surface area contributed by atoms with Gasteiger partial charge in [0.1, 0.15) is 0 Å². The van der Waals surface area contributed by atoms with E-state index in [1.807, 2.05) is 0 Å². The lowest BCUT2D eigenvalue weighted by atomic mass is 10.4. The smallest absolute Gasteiger partial charge is 0.223 e. The second-order valence-electron chi connectivity index (χ2n) is 2.39. The van der Waals surface area contributed by atoms with Gasteiger partial charge in [0.2, 0.25) is 5.43 Å². The number of aromatic hydroxyl groups is 1. The van der Waals surface area contributed by atoms with E-state index in [1.165, 1.54) is 18.5 Å². The zero-order chi connectivity index (χ0) is 9.68. The largest absolute Gasteiger partial charge is 0.503 e. The van der Waals surface area contributed by atoms with Crippen molar-refractivity contribution in [3.05, 3.63) is 39.1 Å². The van der Waals surface area contributed by atoms with Gasteiger partial charge in [0.15, 0.2) is 5.75 Å². The zero-order valence-corrected chi connectivity index (χ0v) is 6.79. The predicted molar refractivity (Wildman–Crippen MR) is 46.4 cm³/mol. The molecule has 1 rings (SSSR count). The van der Waals surface area contributed by atoms with Crippen LogP contribution in [-0.2, 0) is 6.54 Å². The molecule has 0 aliphatic heterocycles. The van der Waals surface area contributed by atoms with Crippen molar-refractivity contribution in [3.8, 4) is 5.75 Å². The van der Waals surface area contributed by atoms with Gasteiger partial charge in [0, 0.05) is 36.5 Å². The van der Waals surface area contributed by atoms with Crippen LogP contribution in [0.5, 0.6) is 5.75 Å². The number of aromatic nitrogens is 1. The maximum absolute atomic E-state index is 10.8. The van der Waals surface area contributed by atoms with Crippen molar-refractivity contribution in [2.75, 3.05) is 6.54 Å². The highest BCUT2D eigenvalue weighted by Crippen LogP contribution is 1.98. The van der Waals surface area contributed by atoms with Gasteiger partial charge in [0.25, 0.3) is 0 Å². The Kier molecular flexibility index (Phi) is 2.94. The number of nitrogens with zero attached hydrogens (tertiary/aromatic N) is 4. The molecule has 6 heteroatoms. The summed E-state index contributed by atoms with van der Waals surface area (Å²) >= 11 is 0. The first-order valence-electron chi connectivity index (χ1n) is 3.64. The molecule has 1 aromatic rings. The van der Waals surface area contributed by atoms with Gasteiger partial charge in [-0.05, 0) is 5.53 Å². The molecule has 0 aliphatic carbocycles. The molecule has 0 bridgehead atoms. The van der Waals surface area contributed by atoms with E-state index in [9.17, 15) is 4.79 Å². The predicted octanol–water partition coefficient (Wildman–Crippen LogP) is 0.864. The molecular weight excluding hydrogens is 172 g/mol. The summed E-state index contributed by atoms with van der Waals surface area (Å²) in [6.45, 7) is 0.733. The van der Waals surface area contributed by atoms with Crippen LogP contribution in [-0.4, -0.2) is 16.2 Å². The molecule has 0 spiro atoms. The summed E-state index contributed by atoms with van der Waals surface area (Å²) in [5.74, 6) is -0.302. The van der Waals surface area contributed by atoms with Gasteiger partial charge in [-0.25, -0.2) is 0 Å². The highest BCUT2D eigenvalue weighted by molar-refractivity contribution is 5.14. The van der Waals surface area contributed by atoms with E-state index in [4.69, 9.17) is 10.6 Å². The molecule has 0 unspecified atom stereocenters. The summed E-state index contributed by atoms with van der Waals surface area (Å²) in [5, 5.41) is 12.3. The maximum Gasteiger partial charge on any atom is 0.223 e. The highest BCUT2D eigenvalue weighted by atomic mass is 16.3. The normalized spacial score (nSPS) is 9.23. The van der Waals surface area contributed by atoms with Gasteiger partial charge in [-0.2, -0.15) is 0 Å². The van der Waals surface area contributed by atoms with E-state index in [0.717, 1.165) is 0 Å². The Morgan fingerprint density at radius 1 is 1.69 bits per heavy atom. The average molecular weight is 180 g/mol. The van der Waals surface area contributed by atoms with Crippen LogP contribution in [0.1, 0.15) is 0 Å². The van der Waals surface area contributed by atoms with E-state index in [0.29, 0.717) is 13.1 Å². The number of pyridine rings is 1. The summed E-state index contributed by atoms with van der Waals surface area (Å²) in [5.41, 5.74) is 7.58. The summed E-state index contributed by atoms with van der Waals surface area (Å²) in [6, 6.07) is 1.26. The molecule has 68 valence electrons. The van der Waals surface area contributed by atoms with E-state index < -0.39 is 5.43 Å². The minimum absolute atomic E-state index is 0.290. The molecule has 0 fully saturated rings. The molecule has 1 heterocycles. The van der Waals surface area contributed by atoms with Gasteiger partial charge in [-0.1, -0.05) is 5.11 Å². The third-order valence-electron chi connectivity index (χ3n) is 1.48. The van der Waals surface area contributed by atoms with Crippen LogP contribution in [0.4, 0.5) is 0 Å². The highest BCUT2D eigenvalue weighted by Gasteiger charge is 1.95. The van der Waals surface area contributed by atoms with Gasteiger partial charge < -0.3 is 9.67 Å². The maximum atomic E-state index is 10.8. The van der Waals surface area contributed by atoms with E-state index in [1.54, 1.807) is 4.57 Å². The van der Waals surface area contributed by atoms with Crippen LogP contribution >= 0.6 is 0 Å². The third-order valence-corrected chi connectivity index (χ3v) is 1.48. The minimum atomic E-state index is -0.417. The molecule has 0 amide bonds. The molecule has 0 aliphatic rings. The van der Waals surface area contributed by atoms with Crippen LogP contribution in [0.15, 0.2) is 28.4 Å². The Morgan fingerprint density at radius 2 is 2.46 bits per heavy atom. The first kappa shape index (κ1) is 9.15. The molecule has 0 radical (unpaired) electrons.